The fourth-order valence-corrected chi connectivity index (χ4v) is 11.4. The highest BCUT2D eigenvalue weighted by Crippen LogP contribution is 2.59. The van der Waals surface area contributed by atoms with E-state index in [0.717, 1.165) is 17.1 Å². The molecule has 0 fully saturated rings. The molecule has 0 saturated heterocycles. The van der Waals surface area contributed by atoms with Crippen molar-refractivity contribution in [2.45, 2.75) is 5.41 Å². The maximum absolute atomic E-state index is 2.44. The summed E-state index contributed by atoms with van der Waals surface area (Å²) in [4.78, 5) is 2.44. The summed E-state index contributed by atoms with van der Waals surface area (Å²) in [6.45, 7) is 0. The lowest BCUT2D eigenvalue weighted by Crippen LogP contribution is -2.28. The Morgan fingerprint density at radius 3 is 1.26 bits per heavy atom. The molecule has 1 nitrogen and oxygen atoms in total. The van der Waals surface area contributed by atoms with Gasteiger partial charge in [-0.15, -0.1) is 0 Å². The Morgan fingerprint density at radius 2 is 0.676 bits per heavy atom. The van der Waals surface area contributed by atoms with E-state index in [1.54, 1.807) is 0 Å². The third-order valence-electron chi connectivity index (χ3n) is 14.4. The minimum atomic E-state index is -0.479. The van der Waals surface area contributed by atoms with Crippen LogP contribution < -0.4 is 4.90 Å². The largest absolute Gasteiger partial charge is 0.310 e. The van der Waals surface area contributed by atoms with Crippen LogP contribution in [0.1, 0.15) is 22.3 Å². The first-order valence-electron chi connectivity index (χ1n) is 23.6. The first-order chi connectivity index (χ1) is 33.8. The predicted octanol–water partition coefficient (Wildman–Crippen LogP) is 18.0. The highest BCUT2D eigenvalue weighted by molar-refractivity contribution is 6.10. The molecule has 0 spiro atoms. The molecule has 0 bridgehead atoms. The summed E-state index contributed by atoms with van der Waals surface area (Å²) in [5, 5.41) is 7.38. The highest BCUT2D eigenvalue weighted by atomic mass is 15.1. The zero-order valence-corrected chi connectivity index (χ0v) is 37.4. The van der Waals surface area contributed by atoms with Crippen molar-refractivity contribution < 1.29 is 0 Å². The molecule has 0 unspecified atom stereocenters. The van der Waals surface area contributed by atoms with Gasteiger partial charge in [-0.1, -0.05) is 243 Å². The van der Waals surface area contributed by atoms with Crippen LogP contribution in [0, 0.1) is 0 Å². The Morgan fingerprint density at radius 1 is 0.250 bits per heavy atom. The second kappa shape index (κ2) is 16.3. The van der Waals surface area contributed by atoms with Crippen molar-refractivity contribution in [1.29, 1.82) is 0 Å². The highest BCUT2D eigenvalue weighted by Gasteiger charge is 2.46. The average Bonchev–Trinajstić information content (AvgIpc) is 3.73. The Kier molecular flexibility index (Phi) is 9.47. The van der Waals surface area contributed by atoms with Gasteiger partial charge in [0.15, 0.2) is 0 Å². The molecular formula is C67H45N. The molecule has 68 heavy (non-hydrogen) atoms. The van der Waals surface area contributed by atoms with Crippen LogP contribution in [0.2, 0.25) is 0 Å². The van der Waals surface area contributed by atoms with Gasteiger partial charge < -0.3 is 4.90 Å². The summed E-state index contributed by atoms with van der Waals surface area (Å²) in [5.41, 5.74) is 17.8. The molecule has 1 aliphatic carbocycles. The SMILES string of the molecule is c1ccc(C2(c3ccccc3)c3ccccc3-c3c(-c4ccc(N(c5ccc(-c6cccc7ccccc67)cc5)c5ccc(-c6cccc7ccccc67)cc5)c5ccccc45)cccc32)cc1. The van der Waals surface area contributed by atoms with Crippen LogP contribution in [0.5, 0.6) is 0 Å². The van der Waals surface area contributed by atoms with E-state index < -0.39 is 5.41 Å². The summed E-state index contributed by atoms with van der Waals surface area (Å²) in [6, 6.07) is 101. The molecule has 318 valence electrons. The molecule has 1 aliphatic rings. The third kappa shape index (κ3) is 6.24. The standard InChI is InChI=1S/C67H45N/c1-3-22-50(23-4-1)67(51-24-5-2-6-25-51)63-34-14-13-30-62(63)66-61(33-17-35-64(66)67)59-44-45-65(60-29-12-11-28-58(59)60)68(52-40-36-48(37-41-52)56-31-15-20-46-18-7-9-26-54(46)56)53-42-38-49(39-43-53)57-32-16-21-47-19-8-10-27-55(47)57/h1-45H. The van der Waals surface area contributed by atoms with Crippen molar-refractivity contribution >= 4 is 49.4 Å². The molecule has 12 aromatic rings. The molecular weight excluding hydrogens is 819 g/mol. The lowest BCUT2D eigenvalue weighted by molar-refractivity contribution is 0.768. The summed E-state index contributed by atoms with van der Waals surface area (Å²) in [5.74, 6) is 0. The number of rotatable bonds is 8. The Labute approximate surface area is 397 Å². The van der Waals surface area contributed by atoms with Crippen LogP contribution in [0.4, 0.5) is 17.1 Å². The van der Waals surface area contributed by atoms with E-state index in [4.69, 9.17) is 0 Å². The van der Waals surface area contributed by atoms with Crippen LogP contribution >= 0.6 is 0 Å². The minimum Gasteiger partial charge on any atom is -0.310 e. The molecule has 13 rings (SSSR count). The first-order valence-corrected chi connectivity index (χ1v) is 23.6. The third-order valence-corrected chi connectivity index (χ3v) is 14.4. The maximum atomic E-state index is 2.44. The monoisotopic (exact) mass is 863 g/mol. The van der Waals surface area contributed by atoms with Gasteiger partial charge in [0.2, 0.25) is 0 Å². The van der Waals surface area contributed by atoms with Crippen LogP contribution in [-0.2, 0) is 5.41 Å². The van der Waals surface area contributed by atoms with Gasteiger partial charge in [-0.3, -0.25) is 0 Å². The van der Waals surface area contributed by atoms with Gasteiger partial charge >= 0.3 is 0 Å². The zero-order chi connectivity index (χ0) is 45.0. The van der Waals surface area contributed by atoms with Crippen LogP contribution in [0.3, 0.4) is 0 Å². The zero-order valence-electron chi connectivity index (χ0n) is 37.4. The average molecular weight is 864 g/mol. The van der Waals surface area contributed by atoms with E-state index in [2.05, 4.69) is 278 Å². The van der Waals surface area contributed by atoms with E-state index in [0.29, 0.717) is 0 Å². The number of nitrogens with zero attached hydrogens (tertiary/aromatic N) is 1. The molecule has 0 amide bonds. The first kappa shape index (κ1) is 39.6. The number of hydrogen-bond donors (Lipinski definition) is 0. The van der Waals surface area contributed by atoms with Crippen LogP contribution in [0.25, 0.3) is 76.8 Å². The van der Waals surface area contributed by atoms with Crippen molar-refractivity contribution in [3.63, 3.8) is 0 Å². The molecule has 1 heteroatoms. The number of hydrogen-bond acceptors (Lipinski definition) is 1. The summed E-state index contributed by atoms with van der Waals surface area (Å²) in [6.07, 6.45) is 0. The second-order valence-electron chi connectivity index (χ2n) is 17.9. The van der Waals surface area contributed by atoms with Gasteiger partial charge in [0.25, 0.3) is 0 Å². The Bertz CT molecular complexity index is 3660. The van der Waals surface area contributed by atoms with Gasteiger partial charge in [-0.2, -0.15) is 0 Å². The van der Waals surface area contributed by atoms with Gasteiger partial charge in [0, 0.05) is 16.8 Å². The van der Waals surface area contributed by atoms with E-state index >= 15 is 0 Å². The topological polar surface area (TPSA) is 3.24 Å². The predicted molar refractivity (Wildman–Crippen MR) is 287 cm³/mol. The quantitative estimate of drug-likeness (QED) is 0.147. The van der Waals surface area contributed by atoms with Crippen molar-refractivity contribution in [3.8, 4) is 44.5 Å². The van der Waals surface area contributed by atoms with E-state index in [1.807, 2.05) is 0 Å². The number of fused-ring (bicyclic) bond motifs is 6. The van der Waals surface area contributed by atoms with Crippen molar-refractivity contribution in [2.75, 3.05) is 4.90 Å². The summed E-state index contributed by atoms with van der Waals surface area (Å²) in [7, 11) is 0. The molecule has 0 radical (unpaired) electrons. The van der Waals surface area contributed by atoms with Crippen molar-refractivity contribution in [1.82, 2.24) is 0 Å². The number of benzene rings is 12. The number of anilines is 3. The van der Waals surface area contributed by atoms with Gasteiger partial charge in [0.05, 0.1) is 11.1 Å². The van der Waals surface area contributed by atoms with E-state index in [-0.39, 0.29) is 0 Å². The van der Waals surface area contributed by atoms with E-state index in [9.17, 15) is 0 Å². The van der Waals surface area contributed by atoms with Crippen LogP contribution in [0.15, 0.2) is 273 Å². The van der Waals surface area contributed by atoms with Gasteiger partial charge in [-0.25, -0.2) is 0 Å². The molecule has 0 aliphatic heterocycles. The van der Waals surface area contributed by atoms with Crippen molar-refractivity contribution in [3.05, 3.63) is 295 Å². The second-order valence-corrected chi connectivity index (χ2v) is 17.9. The normalized spacial score (nSPS) is 12.5. The smallest absolute Gasteiger partial charge is 0.0713 e. The molecule has 0 N–H and O–H groups in total. The lowest BCUT2D eigenvalue weighted by Gasteiger charge is -2.34. The molecule has 0 saturated carbocycles. The summed E-state index contributed by atoms with van der Waals surface area (Å²) >= 11 is 0. The maximum Gasteiger partial charge on any atom is 0.0713 e. The molecule has 0 atom stereocenters. The molecule has 0 aromatic heterocycles. The van der Waals surface area contributed by atoms with Gasteiger partial charge in [-0.05, 0) is 124 Å². The molecule has 12 aromatic carbocycles. The lowest BCUT2D eigenvalue weighted by atomic mass is 9.67. The minimum absolute atomic E-state index is 0.479. The summed E-state index contributed by atoms with van der Waals surface area (Å²) < 4.78 is 0. The van der Waals surface area contributed by atoms with Crippen LogP contribution in [-0.4, -0.2) is 0 Å². The van der Waals surface area contributed by atoms with E-state index in [1.165, 1.54) is 99.1 Å². The molecule has 0 heterocycles. The fraction of sp³-hybridized carbons (Fsp3) is 0.0149. The van der Waals surface area contributed by atoms with Gasteiger partial charge in [0.1, 0.15) is 0 Å². The van der Waals surface area contributed by atoms with Crippen molar-refractivity contribution in [2.24, 2.45) is 0 Å². The fourth-order valence-electron chi connectivity index (χ4n) is 11.4. The Balaban J connectivity index is 0.999. The Hall–Kier alpha value is -8.78.